The van der Waals surface area contributed by atoms with Crippen LogP contribution in [0.25, 0.3) is 0 Å². The number of benzene rings is 2. The Kier molecular flexibility index (Phi) is 5.67. The van der Waals surface area contributed by atoms with Gasteiger partial charge in [-0.2, -0.15) is 0 Å². The molecule has 0 radical (unpaired) electrons. The van der Waals surface area contributed by atoms with Gasteiger partial charge in [0.15, 0.2) is 0 Å². The Balaban J connectivity index is 1.82. The van der Waals surface area contributed by atoms with Gasteiger partial charge >= 0.3 is 6.03 Å². The molecule has 4 nitrogen and oxygen atoms in total. The lowest BCUT2D eigenvalue weighted by Crippen LogP contribution is -2.28. The SMILES string of the molecule is CC(C)Oc1ccc(NC(=O)NCc2ccc(Cl)cc2)cc1. The van der Waals surface area contributed by atoms with Crippen LogP contribution in [0.2, 0.25) is 5.02 Å². The summed E-state index contributed by atoms with van der Waals surface area (Å²) >= 11 is 5.82. The van der Waals surface area contributed by atoms with Crippen LogP contribution in [0.5, 0.6) is 5.75 Å². The van der Waals surface area contributed by atoms with Crippen molar-refractivity contribution in [3.05, 3.63) is 59.1 Å². The predicted octanol–water partition coefficient (Wildman–Crippen LogP) is 4.45. The second-order valence-electron chi connectivity index (χ2n) is 5.13. The number of rotatable bonds is 5. The summed E-state index contributed by atoms with van der Waals surface area (Å²) in [5.41, 5.74) is 1.70. The second-order valence-corrected chi connectivity index (χ2v) is 5.56. The molecule has 2 aromatic carbocycles. The van der Waals surface area contributed by atoms with Crippen LogP contribution in [0.15, 0.2) is 48.5 Å². The fourth-order valence-electron chi connectivity index (χ4n) is 1.85. The molecule has 2 rings (SSSR count). The van der Waals surface area contributed by atoms with Gasteiger partial charge in [0.2, 0.25) is 0 Å². The minimum Gasteiger partial charge on any atom is -0.491 e. The summed E-state index contributed by atoms with van der Waals surface area (Å²) in [6.07, 6.45) is 0.126. The first-order valence-electron chi connectivity index (χ1n) is 7.09. The van der Waals surface area contributed by atoms with E-state index in [4.69, 9.17) is 16.3 Å². The van der Waals surface area contributed by atoms with Crippen LogP contribution in [-0.4, -0.2) is 12.1 Å². The smallest absolute Gasteiger partial charge is 0.319 e. The topological polar surface area (TPSA) is 50.4 Å². The molecule has 0 saturated heterocycles. The van der Waals surface area contributed by atoms with Crippen molar-refractivity contribution in [1.82, 2.24) is 5.32 Å². The van der Waals surface area contributed by atoms with Gasteiger partial charge < -0.3 is 15.4 Å². The van der Waals surface area contributed by atoms with E-state index < -0.39 is 0 Å². The maximum atomic E-state index is 11.8. The lowest BCUT2D eigenvalue weighted by atomic mass is 10.2. The van der Waals surface area contributed by atoms with Gasteiger partial charge in [-0.05, 0) is 55.8 Å². The van der Waals surface area contributed by atoms with Gasteiger partial charge in [0.25, 0.3) is 0 Å². The zero-order valence-electron chi connectivity index (χ0n) is 12.6. The molecule has 0 saturated carbocycles. The maximum absolute atomic E-state index is 11.8. The molecule has 0 atom stereocenters. The molecule has 0 aliphatic carbocycles. The average Bonchev–Trinajstić information content (AvgIpc) is 2.48. The fourth-order valence-corrected chi connectivity index (χ4v) is 1.97. The number of anilines is 1. The minimum atomic E-state index is -0.257. The standard InChI is InChI=1S/C17H19ClN2O2/c1-12(2)22-16-9-7-15(8-10-16)20-17(21)19-11-13-3-5-14(18)6-4-13/h3-10,12H,11H2,1-2H3,(H2,19,20,21). The molecule has 0 fully saturated rings. The molecule has 2 N–H and O–H groups in total. The summed E-state index contributed by atoms with van der Waals surface area (Å²) < 4.78 is 5.55. The minimum absolute atomic E-state index is 0.126. The van der Waals surface area contributed by atoms with E-state index in [9.17, 15) is 4.79 Å². The van der Waals surface area contributed by atoms with Crippen molar-refractivity contribution in [3.8, 4) is 5.75 Å². The predicted molar refractivity (Wildman–Crippen MR) is 89.5 cm³/mol. The van der Waals surface area contributed by atoms with Crippen molar-refractivity contribution in [2.75, 3.05) is 5.32 Å². The van der Waals surface area contributed by atoms with Crippen molar-refractivity contribution >= 4 is 23.3 Å². The number of urea groups is 1. The Morgan fingerprint density at radius 3 is 2.32 bits per heavy atom. The lowest BCUT2D eigenvalue weighted by molar-refractivity contribution is 0.242. The van der Waals surface area contributed by atoms with Crippen LogP contribution in [0, 0.1) is 0 Å². The normalized spacial score (nSPS) is 10.4. The van der Waals surface area contributed by atoms with Crippen LogP contribution in [-0.2, 0) is 6.54 Å². The summed E-state index contributed by atoms with van der Waals surface area (Å²) in [4.78, 5) is 11.8. The molecule has 0 bridgehead atoms. The van der Waals surface area contributed by atoms with Crippen molar-refractivity contribution in [3.63, 3.8) is 0 Å². The van der Waals surface area contributed by atoms with E-state index in [1.54, 1.807) is 24.3 Å². The number of hydrogen-bond donors (Lipinski definition) is 2. The summed E-state index contributed by atoms with van der Waals surface area (Å²) in [5, 5.41) is 6.24. The Hall–Kier alpha value is -2.20. The molecule has 2 amide bonds. The van der Waals surface area contributed by atoms with Gasteiger partial charge in [-0.15, -0.1) is 0 Å². The van der Waals surface area contributed by atoms with Gasteiger partial charge in [-0.25, -0.2) is 4.79 Å². The second kappa shape index (κ2) is 7.71. The van der Waals surface area contributed by atoms with Crippen molar-refractivity contribution in [2.45, 2.75) is 26.5 Å². The van der Waals surface area contributed by atoms with Crippen molar-refractivity contribution < 1.29 is 9.53 Å². The van der Waals surface area contributed by atoms with E-state index in [1.165, 1.54) is 0 Å². The van der Waals surface area contributed by atoms with E-state index in [2.05, 4.69) is 10.6 Å². The van der Waals surface area contributed by atoms with Gasteiger partial charge in [0.1, 0.15) is 5.75 Å². The first-order valence-corrected chi connectivity index (χ1v) is 7.47. The van der Waals surface area contributed by atoms with E-state index in [0.717, 1.165) is 11.3 Å². The fraction of sp³-hybridized carbons (Fsp3) is 0.235. The third kappa shape index (κ3) is 5.30. The molecule has 2 aromatic rings. The zero-order chi connectivity index (χ0) is 15.9. The van der Waals surface area contributed by atoms with Gasteiger partial charge in [-0.1, -0.05) is 23.7 Å². The Bertz CT molecular complexity index is 610. The third-order valence-electron chi connectivity index (χ3n) is 2.85. The number of nitrogens with one attached hydrogen (secondary N) is 2. The molecule has 0 unspecified atom stereocenters. The number of carbonyl (C=O) groups excluding carboxylic acids is 1. The summed E-state index contributed by atoms with van der Waals surface area (Å²) in [6, 6.07) is 14.4. The van der Waals surface area contributed by atoms with Gasteiger partial charge in [0, 0.05) is 17.3 Å². The summed E-state index contributed by atoms with van der Waals surface area (Å²) in [7, 11) is 0. The Morgan fingerprint density at radius 2 is 1.73 bits per heavy atom. The number of ether oxygens (including phenoxy) is 1. The van der Waals surface area contributed by atoms with E-state index in [-0.39, 0.29) is 12.1 Å². The van der Waals surface area contributed by atoms with Crippen LogP contribution in [0.1, 0.15) is 19.4 Å². The van der Waals surface area contributed by atoms with Crippen LogP contribution >= 0.6 is 11.6 Å². The van der Waals surface area contributed by atoms with E-state index in [0.29, 0.717) is 17.3 Å². The van der Waals surface area contributed by atoms with Gasteiger partial charge in [0.05, 0.1) is 6.10 Å². The molecule has 22 heavy (non-hydrogen) atoms. The highest BCUT2D eigenvalue weighted by molar-refractivity contribution is 6.30. The average molecular weight is 319 g/mol. The molecule has 0 aromatic heterocycles. The molecule has 0 heterocycles. The number of hydrogen-bond acceptors (Lipinski definition) is 2. The molecule has 116 valence electrons. The van der Waals surface area contributed by atoms with Crippen LogP contribution in [0.4, 0.5) is 10.5 Å². The summed E-state index contributed by atoms with van der Waals surface area (Å²) in [6.45, 7) is 4.38. The quantitative estimate of drug-likeness (QED) is 0.855. The number of halogens is 1. The highest BCUT2D eigenvalue weighted by atomic mass is 35.5. The van der Waals surface area contributed by atoms with Crippen molar-refractivity contribution in [1.29, 1.82) is 0 Å². The maximum Gasteiger partial charge on any atom is 0.319 e. The molecular formula is C17H19ClN2O2. The van der Waals surface area contributed by atoms with E-state index >= 15 is 0 Å². The number of amides is 2. The largest absolute Gasteiger partial charge is 0.491 e. The third-order valence-corrected chi connectivity index (χ3v) is 3.10. The first kappa shape index (κ1) is 16.2. The zero-order valence-corrected chi connectivity index (χ0v) is 13.4. The summed E-state index contributed by atoms with van der Waals surface area (Å²) in [5.74, 6) is 0.780. The lowest BCUT2D eigenvalue weighted by Gasteiger charge is -2.11. The Labute approximate surface area is 135 Å². The van der Waals surface area contributed by atoms with Crippen LogP contribution in [0.3, 0.4) is 0 Å². The van der Waals surface area contributed by atoms with Crippen LogP contribution < -0.4 is 15.4 Å². The molecule has 0 aliphatic heterocycles. The molecule has 5 heteroatoms. The van der Waals surface area contributed by atoms with Crippen molar-refractivity contribution in [2.24, 2.45) is 0 Å². The molecule has 0 aliphatic rings. The highest BCUT2D eigenvalue weighted by Gasteiger charge is 2.03. The molecule has 0 spiro atoms. The molecular weight excluding hydrogens is 300 g/mol. The Morgan fingerprint density at radius 1 is 1.09 bits per heavy atom. The van der Waals surface area contributed by atoms with E-state index in [1.807, 2.05) is 38.1 Å². The van der Waals surface area contributed by atoms with Gasteiger partial charge in [-0.3, -0.25) is 0 Å². The first-order chi connectivity index (χ1) is 10.5. The monoisotopic (exact) mass is 318 g/mol. The highest BCUT2D eigenvalue weighted by Crippen LogP contribution is 2.16. The number of carbonyl (C=O) groups is 1.